The summed E-state index contributed by atoms with van der Waals surface area (Å²) in [5.74, 6) is -0.281. The number of nitrogens with two attached hydrogens (primary N) is 1. The zero-order chi connectivity index (χ0) is 14.8. The Balaban J connectivity index is 1.68. The number of rotatable bonds is 2. The molecule has 0 saturated carbocycles. The van der Waals surface area contributed by atoms with Crippen LogP contribution in [0.3, 0.4) is 0 Å². The van der Waals surface area contributed by atoms with Gasteiger partial charge in [-0.15, -0.1) is 0 Å². The van der Waals surface area contributed by atoms with Crippen molar-refractivity contribution in [2.75, 3.05) is 41.7 Å². The lowest BCUT2D eigenvalue weighted by molar-refractivity contribution is 0.587. The van der Waals surface area contributed by atoms with Gasteiger partial charge in [0.25, 0.3) is 0 Å². The Morgan fingerprint density at radius 1 is 0.952 bits per heavy atom. The molecule has 1 fully saturated rings. The highest BCUT2D eigenvalue weighted by Gasteiger charge is 2.21. The first kappa shape index (κ1) is 13.5. The monoisotopic (exact) mass is 291 g/mol. The molecule has 2 heterocycles. The fourth-order valence-electron chi connectivity index (χ4n) is 2.40. The molecular formula is C14H15F2N5. The predicted molar refractivity (Wildman–Crippen MR) is 77.2 cm³/mol. The molecule has 0 radical (unpaired) electrons. The van der Waals surface area contributed by atoms with Crippen LogP contribution in [0.4, 0.5) is 26.1 Å². The lowest BCUT2D eigenvalue weighted by Gasteiger charge is -2.36. The molecule has 1 aromatic heterocycles. The molecule has 1 aliphatic rings. The zero-order valence-electron chi connectivity index (χ0n) is 11.3. The van der Waals surface area contributed by atoms with Crippen LogP contribution in [0, 0.1) is 11.6 Å². The molecule has 5 nitrogen and oxygen atoms in total. The van der Waals surface area contributed by atoms with Crippen LogP contribution in [0.25, 0.3) is 0 Å². The number of aromatic nitrogens is 2. The van der Waals surface area contributed by atoms with Gasteiger partial charge in [0.1, 0.15) is 5.82 Å². The van der Waals surface area contributed by atoms with Gasteiger partial charge >= 0.3 is 0 Å². The minimum atomic E-state index is -0.457. The number of piperazine rings is 1. The molecule has 0 atom stereocenters. The van der Waals surface area contributed by atoms with E-state index < -0.39 is 5.82 Å². The van der Waals surface area contributed by atoms with Gasteiger partial charge in [0.15, 0.2) is 5.82 Å². The van der Waals surface area contributed by atoms with E-state index >= 15 is 0 Å². The Labute approximate surface area is 121 Å². The van der Waals surface area contributed by atoms with Crippen molar-refractivity contribution in [3.05, 3.63) is 42.2 Å². The summed E-state index contributed by atoms with van der Waals surface area (Å²) >= 11 is 0. The van der Waals surface area contributed by atoms with Crippen molar-refractivity contribution < 1.29 is 8.78 Å². The van der Waals surface area contributed by atoms with Crippen molar-refractivity contribution in [2.24, 2.45) is 0 Å². The fraction of sp³-hybridized carbons (Fsp3) is 0.286. The summed E-state index contributed by atoms with van der Waals surface area (Å²) in [5, 5.41) is 0. The second-order valence-electron chi connectivity index (χ2n) is 4.89. The predicted octanol–water partition coefficient (Wildman–Crippen LogP) is 1.66. The average molecular weight is 291 g/mol. The fourth-order valence-corrected chi connectivity index (χ4v) is 2.40. The van der Waals surface area contributed by atoms with Gasteiger partial charge in [-0.2, -0.15) is 0 Å². The summed E-state index contributed by atoms with van der Waals surface area (Å²) in [5.41, 5.74) is 6.51. The Kier molecular flexibility index (Phi) is 3.55. The minimum Gasteiger partial charge on any atom is -0.399 e. The highest BCUT2D eigenvalue weighted by Crippen LogP contribution is 2.23. The van der Waals surface area contributed by atoms with E-state index in [2.05, 4.69) is 9.97 Å². The number of nitrogen functional groups attached to an aromatic ring is 1. The molecule has 1 aromatic carbocycles. The Morgan fingerprint density at radius 2 is 1.57 bits per heavy atom. The van der Waals surface area contributed by atoms with Gasteiger partial charge < -0.3 is 15.5 Å². The molecule has 3 rings (SSSR count). The summed E-state index contributed by atoms with van der Waals surface area (Å²) in [4.78, 5) is 11.8. The highest BCUT2D eigenvalue weighted by atomic mass is 19.1. The van der Waals surface area contributed by atoms with E-state index in [1.165, 1.54) is 6.07 Å². The maximum absolute atomic E-state index is 13.9. The summed E-state index contributed by atoms with van der Waals surface area (Å²) in [6, 6.07) is 4.70. The van der Waals surface area contributed by atoms with Crippen LogP contribution in [0.1, 0.15) is 0 Å². The van der Waals surface area contributed by atoms with Crippen molar-refractivity contribution in [1.29, 1.82) is 0 Å². The number of benzene rings is 1. The smallest absolute Gasteiger partial charge is 0.225 e. The minimum absolute atomic E-state index is 0.318. The van der Waals surface area contributed by atoms with Crippen LogP contribution in [0.15, 0.2) is 30.6 Å². The molecule has 0 unspecified atom stereocenters. The Morgan fingerprint density at radius 3 is 2.19 bits per heavy atom. The number of anilines is 3. The molecule has 0 spiro atoms. The van der Waals surface area contributed by atoms with Crippen LogP contribution in [0.2, 0.25) is 0 Å². The first-order valence-corrected chi connectivity index (χ1v) is 6.66. The zero-order valence-corrected chi connectivity index (χ0v) is 11.3. The molecule has 2 N–H and O–H groups in total. The summed E-state index contributed by atoms with van der Waals surface area (Å²) in [6.45, 7) is 2.58. The van der Waals surface area contributed by atoms with E-state index in [-0.39, 0.29) is 5.82 Å². The standard InChI is InChI=1S/C14H15F2N5/c15-10-8-18-14(19-9-10)21-5-3-20(4-6-21)13-2-1-11(17)7-12(13)16/h1-2,7-9H,3-6,17H2. The second-order valence-corrected chi connectivity index (χ2v) is 4.89. The summed E-state index contributed by atoms with van der Waals surface area (Å²) in [6.07, 6.45) is 2.29. The van der Waals surface area contributed by atoms with Crippen molar-refractivity contribution in [3.63, 3.8) is 0 Å². The highest BCUT2D eigenvalue weighted by molar-refractivity contribution is 5.55. The third-order valence-electron chi connectivity index (χ3n) is 3.48. The van der Waals surface area contributed by atoms with Gasteiger partial charge in [0.05, 0.1) is 18.1 Å². The number of hydrogen-bond donors (Lipinski definition) is 1. The number of hydrogen-bond acceptors (Lipinski definition) is 5. The van der Waals surface area contributed by atoms with Gasteiger partial charge in [0, 0.05) is 31.9 Å². The molecule has 0 aliphatic carbocycles. The van der Waals surface area contributed by atoms with E-state index in [0.29, 0.717) is 43.5 Å². The van der Waals surface area contributed by atoms with E-state index in [1.807, 2.05) is 9.80 Å². The molecular weight excluding hydrogens is 276 g/mol. The maximum Gasteiger partial charge on any atom is 0.225 e. The molecule has 2 aromatic rings. The van der Waals surface area contributed by atoms with Crippen LogP contribution in [0.5, 0.6) is 0 Å². The second kappa shape index (κ2) is 5.51. The maximum atomic E-state index is 13.9. The largest absolute Gasteiger partial charge is 0.399 e. The van der Waals surface area contributed by atoms with Crippen LogP contribution in [-0.2, 0) is 0 Å². The quantitative estimate of drug-likeness (QED) is 0.853. The van der Waals surface area contributed by atoms with Gasteiger partial charge in [-0.05, 0) is 18.2 Å². The lowest BCUT2D eigenvalue weighted by Crippen LogP contribution is -2.47. The number of nitrogens with zero attached hydrogens (tertiary/aromatic N) is 4. The van der Waals surface area contributed by atoms with Crippen molar-refractivity contribution >= 4 is 17.3 Å². The van der Waals surface area contributed by atoms with Crippen molar-refractivity contribution in [1.82, 2.24) is 9.97 Å². The van der Waals surface area contributed by atoms with Gasteiger partial charge in [-0.25, -0.2) is 18.7 Å². The van der Waals surface area contributed by atoms with E-state index in [9.17, 15) is 8.78 Å². The molecule has 110 valence electrons. The van der Waals surface area contributed by atoms with Crippen molar-refractivity contribution in [2.45, 2.75) is 0 Å². The van der Waals surface area contributed by atoms with E-state index in [0.717, 1.165) is 12.4 Å². The molecule has 21 heavy (non-hydrogen) atoms. The average Bonchev–Trinajstić information content (AvgIpc) is 2.48. The molecule has 7 heteroatoms. The van der Waals surface area contributed by atoms with E-state index in [1.54, 1.807) is 12.1 Å². The summed E-state index contributed by atoms with van der Waals surface area (Å²) < 4.78 is 26.7. The summed E-state index contributed by atoms with van der Waals surface area (Å²) in [7, 11) is 0. The van der Waals surface area contributed by atoms with Crippen LogP contribution in [-0.4, -0.2) is 36.1 Å². The Bertz CT molecular complexity index is 624. The lowest BCUT2D eigenvalue weighted by atomic mass is 10.2. The first-order chi connectivity index (χ1) is 10.1. The molecule has 0 bridgehead atoms. The number of halogens is 2. The molecule has 1 aliphatic heterocycles. The topological polar surface area (TPSA) is 58.3 Å². The van der Waals surface area contributed by atoms with Crippen LogP contribution < -0.4 is 15.5 Å². The normalized spacial score (nSPS) is 15.3. The van der Waals surface area contributed by atoms with Gasteiger partial charge in [0.2, 0.25) is 5.95 Å². The third kappa shape index (κ3) is 2.86. The van der Waals surface area contributed by atoms with Crippen molar-refractivity contribution in [3.8, 4) is 0 Å². The Hall–Kier alpha value is -2.44. The SMILES string of the molecule is Nc1ccc(N2CCN(c3ncc(F)cn3)CC2)c(F)c1. The van der Waals surface area contributed by atoms with Crippen LogP contribution >= 0.6 is 0 Å². The van der Waals surface area contributed by atoms with Gasteiger partial charge in [-0.3, -0.25) is 0 Å². The molecule has 0 amide bonds. The van der Waals surface area contributed by atoms with E-state index in [4.69, 9.17) is 5.73 Å². The van der Waals surface area contributed by atoms with Gasteiger partial charge in [-0.1, -0.05) is 0 Å². The third-order valence-corrected chi connectivity index (χ3v) is 3.48. The first-order valence-electron chi connectivity index (χ1n) is 6.66. The molecule has 1 saturated heterocycles.